The van der Waals surface area contributed by atoms with Gasteiger partial charge in [0.2, 0.25) is 5.91 Å². The Morgan fingerprint density at radius 2 is 1.68 bits per heavy atom. The Kier molecular flexibility index (Phi) is 4.04. The first kappa shape index (κ1) is 15.9. The van der Waals surface area contributed by atoms with Gasteiger partial charge in [0.25, 0.3) is 0 Å². The molecule has 2 aromatic carbocycles. The fraction of sp³-hybridized carbons (Fsp3) is 0.333. The molecule has 0 radical (unpaired) electrons. The number of fused-ring (bicyclic) bond motifs is 1. The number of carbonyl (C=O) groups is 2. The standard InChI is InChI=1S/C21H21NO3/c23-20(19(15-10-11-15)14-6-2-1-3-7-14)22-12-16-8-4-5-9-17(16)18(13-22)21(24)25/h1-9,15,18-19H,10-13H2,(H,24,25). The molecule has 1 fully saturated rings. The summed E-state index contributed by atoms with van der Waals surface area (Å²) in [6.45, 7) is 0.746. The third kappa shape index (κ3) is 3.04. The molecule has 4 heteroatoms. The Morgan fingerprint density at radius 1 is 1.00 bits per heavy atom. The maximum absolute atomic E-state index is 13.3. The van der Waals surface area contributed by atoms with Gasteiger partial charge in [-0.15, -0.1) is 0 Å². The Hall–Kier alpha value is -2.62. The average Bonchev–Trinajstić information content (AvgIpc) is 3.46. The van der Waals surface area contributed by atoms with Crippen LogP contribution in [0.4, 0.5) is 0 Å². The molecular weight excluding hydrogens is 314 g/mol. The van der Waals surface area contributed by atoms with Crippen LogP contribution in [0.2, 0.25) is 0 Å². The number of nitrogens with zero attached hydrogens (tertiary/aromatic N) is 1. The average molecular weight is 335 g/mol. The molecule has 0 spiro atoms. The molecule has 128 valence electrons. The number of hydrogen-bond donors (Lipinski definition) is 1. The maximum Gasteiger partial charge on any atom is 0.312 e. The fourth-order valence-electron chi connectivity index (χ4n) is 3.89. The number of carboxylic acids is 1. The zero-order chi connectivity index (χ0) is 17.4. The third-order valence-corrected chi connectivity index (χ3v) is 5.32. The van der Waals surface area contributed by atoms with Gasteiger partial charge in [-0.2, -0.15) is 0 Å². The summed E-state index contributed by atoms with van der Waals surface area (Å²) in [6.07, 6.45) is 2.14. The first-order valence-corrected chi connectivity index (χ1v) is 8.79. The van der Waals surface area contributed by atoms with E-state index < -0.39 is 11.9 Å². The molecule has 4 nitrogen and oxygen atoms in total. The lowest BCUT2D eigenvalue weighted by atomic mass is 9.87. The quantitative estimate of drug-likeness (QED) is 0.932. The van der Waals surface area contributed by atoms with Crippen molar-refractivity contribution in [2.45, 2.75) is 31.2 Å². The summed E-state index contributed by atoms with van der Waals surface area (Å²) in [6, 6.07) is 17.5. The Bertz CT molecular complexity index is 798. The first-order chi connectivity index (χ1) is 12.1. The minimum atomic E-state index is -0.868. The van der Waals surface area contributed by atoms with E-state index in [9.17, 15) is 14.7 Å². The van der Waals surface area contributed by atoms with Crippen molar-refractivity contribution in [1.29, 1.82) is 0 Å². The van der Waals surface area contributed by atoms with Crippen molar-refractivity contribution in [2.75, 3.05) is 6.54 Å². The van der Waals surface area contributed by atoms with E-state index in [1.165, 1.54) is 0 Å². The third-order valence-electron chi connectivity index (χ3n) is 5.32. The molecule has 2 atom stereocenters. The number of carboxylic acid groups (broad SMARTS) is 1. The second-order valence-electron chi connectivity index (χ2n) is 7.03. The number of amides is 1. The molecule has 2 aromatic rings. The molecule has 25 heavy (non-hydrogen) atoms. The van der Waals surface area contributed by atoms with Gasteiger partial charge in [-0.3, -0.25) is 9.59 Å². The molecule has 1 aliphatic heterocycles. The van der Waals surface area contributed by atoms with Crippen LogP contribution in [0.5, 0.6) is 0 Å². The van der Waals surface area contributed by atoms with Crippen molar-refractivity contribution < 1.29 is 14.7 Å². The molecule has 1 N–H and O–H groups in total. The van der Waals surface area contributed by atoms with Gasteiger partial charge in [-0.1, -0.05) is 54.6 Å². The highest BCUT2D eigenvalue weighted by Gasteiger charge is 2.41. The van der Waals surface area contributed by atoms with Crippen LogP contribution in [0, 0.1) is 5.92 Å². The van der Waals surface area contributed by atoms with Crippen molar-refractivity contribution in [3.05, 3.63) is 71.3 Å². The number of benzene rings is 2. The number of carbonyl (C=O) groups excluding carboxylic acids is 1. The SMILES string of the molecule is O=C(O)C1CN(C(=O)C(c2ccccc2)C2CC2)Cc2ccccc21. The molecular formula is C21H21NO3. The minimum Gasteiger partial charge on any atom is -0.481 e. The van der Waals surface area contributed by atoms with Gasteiger partial charge in [0.1, 0.15) is 0 Å². The highest BCUT2D eigenvalue weighted by molar-refractivity contribution is 5.86. The summed E-state index contributed by atoms with van der Waals surface area (Å²) < 4.78 is 0. The Labute approximate surface area is 147 Å². The zero-order valence-electron chi connectivity index (χ0n) is 14.0. The summed E-state index contributed by atoms with van der Waals surface area (Å²) in [4.78, 5) is 26.8. The van der Waals surface area contributed by atoms with E-state index >= 15 is 0 Å². The van der Waals surface area contributed by atoms with Crippen molar-refractivity contribution >= 4 is 11.9 Å². The molecule has 4 rings (SSSR count). The largest absolute Gasteiger partial charge is 0.481 e. The van der Waals surface area contributed by atoms with Gasteiger partial charge in [0.05, 0.1) is 11.8 Å². The van der Waals surface area contributed by atoms with Crippen LogP contribution >= 0.6 is 0 Å². The Morgan fingerprint density at radius 3 is 2.36 bits per heavy atom. The summed E-state index contributed by atoms with van der Waals surface area (Å²) in [5, 5.41) is 9.62. The van der Waals surface area contributed by atoms with Crippen molar-refractivity contribution in [1.82, 2.24) is 4.90 Å². The molecule has 1 saturated carbocycles. The Balaban J connectivity index is 1.65. The van der Waals surface area contributed by atoms with E-state index in [4.69, 9.17) is 0 Å². The van der Waals surface area contributed by atoms with Crippen LogP contribution in [0.1, 0.15) is 41.4 Å². The first-order valence-electron chi connectivity index (χ1n) is 8.79. The summed E-state index contributed by atoms with van der Waals surface area (Å²) in [7, 11) is 0. The van der Waals surface area contributed by atoms with Crippen molar-refractivity contribution in [2.24, 2.45) is 5.92 Å². The maximum atomic E-state index is 13.3. The summed E-state index contributed by atoms with van der Waals surface area (Å²) >= 11 is 0. The fourth-order valence-corrected chi connectivity index (χ4v) is 3.89. The molecule has 0 bridgehead atoms. The smallest absolute Gasteiger partial charge is 0.312 e. The molecule has 1 heterocycles. The molecule has 2 unspecified atom stereocenters. The summed E-state index contributed by atoms with van der Waals surface area (Å²) in [5.74, 6) is -1.22. The van der Waals surface area contributed by atoms with Crippen LogP contribution < -0.4 is 0 Å². The number of rotatable bonds is 4. The summed E-state index contributed by atoms with van der Waals surface area (Å²) in [5.41, 5.74) is 2.82. The van der Waals surface area contributed by atoms with Gasteiger partial charge >= 0.3 is 5.97 Å². The van der Waals surface area contributed by atoms with Gasteiger partial charge in [-0.05, 0) is 35.4 Å². The molecule has 2 aliphatic rings. The van der Waals surface area contributed by atoms with E-state index in [0.717, 1.165) is 29.5 Å². The van der Waals surface area contributed by atoms with Gasteiger partial charge < -0.3 is 10.0 Å². The van der Waals surface area contributed by atoms with Gasteiger partial charge in [-0.25, -0.2) is 0 Å². The number of hydrogen-bond acceptors (Lipinski definition) is 2. The number of aliphatic carboxylic acids is 1. The predicted octanol–water partition coefficient (Wildman–Crippen LogP) is 3.39. The topological polar surface area (TPSA) is 57.6 Å². The second-order valence-corrected chi connectivity index (χ2v) is 7.03. The van der Waals surface area contributed by atoms with E-state index in [1.807, 2.05) is 54.6 Å². The van der Waals surface area contributed by atoms with Crippen LogP contribution in [-0.4, -0.2) is 28.4 Å². The molecule has 0 aromatic heterocycles. The van der Waals surface area contributed by atoms with Crippen LogP contribution in [0.3, 0.4) is 0 Å². The van der Waals surface area contributed by atoms with Crippen molar-refractivity contribution in [3.63, 3.8) is 0 Å². The zero-order valence-corrected chi connectivity index (χ0v) is 14.0. The van der Waals surface area contributed by atoms with Crippen LogP contribution in [-0.2, 0) is 16.1 Å². The molecule has 0 saturated heterocycles. The van der Waals surface area contributed by atoms with Crippen molar-refractivity contribution in [3.8, 4) is 0 Å². The molecule has 1 aliphatic carbocycles. The predicted molar refractivity (Wildman–Crippen MR) is 94.1 cm³/mol. The lowest BCUT2D eigenvalue weighted by Gasteiger charge is -2.35. The van der Waals surface area contributed by atoms with E-state index in [2.05, 4.69) is 0 Å². The van der Waals surface area contributed by atoms with Crippen LogP contribution in [0.15, 0.2) is 54.6 Å². The lowest BCUT2D eigenvalue weighted by Crippen LogP contribution is -2.43. The van der Waals surface area contributed by atoms with E-state index in [-0.39, 0.29) is 18.4 Å². The monoisotopic (exact) mass is 335 g/mol. The normalized spacial score (nSPS) is 20.6. The van der Waals surface area contributed by atoms with Gasteiger partial charge in [0.15, 0.2) is 0 Å². The van der Waals surface area contributed by atoms with E-state index in [1.54, 1.807) is 4.90 Å². The van der Waals surface area contributed by atoms with E-state index in [0.29, 0.717) is 12.5 Å². The van der Waals surface area contributed by atoms with Gasteiger partial charge in [0, 0.05) is 13.1 Å². The lowest BCUT2D eigenvalue weighted by molar-refractivity contribution is -0.142. The second kappa shape index (κ2) is 6.36. The minimum absolute atomic E-state index is 0.0643. The highest BCUT2D eigenvalue weighted by Crippen LogP contribution is 2.44. The molecule has 1 amide bonds. The van der Waals surface area contributed by atoms with Crippen LogP contribution in [0.25, 0.3) is 0 Å². The highest BCUT2D eigenvalue weighted by atomic mass is 16.4.